The van der Waals surface area contributed by atoms with E-state index in [2.05, 4.69) is 10.2 Å². The maximum absolute atomic E-state index is 13.0. The molecule has 1 N–H and O–H groups in total. The van der Waals surface area contributed by atoms with Crippen molar-refractivity contribution in [3.8, 4) is 5.75 Å². The van der Waals surface area contributed by atoms with Gasteiger partial charge in [-0.3, -0.25) is 14.7 Å². The van der Waals surface area contributed by atoms with Gasteiger partial charge < -0.3 is 14.5 Å². The molecule has 0 radical (unpaired) electrons. The van der Waals surface area contributed by atoms with Crippen molar-refractivity contribution in [2.45, 2.75) is 6.61 Å². The predicted octanol–water partition coefficient (Wildman–Crippen LogP) is 3.74. The Labute approximate surface area is 191 Å². The van der Waals surface area contributed by atoms with E-state index in [4.69, 9.17) is 4.74 Å². The first-order chi connectivity index (χ1) is 16.2. The van der Waals surface area contributed by atoms with Gasteiger partial charge in [0.2, 0.25) is 0 Å². The minimum Gasteiger partial charge on any atom is -0.489 e. The Morgan fingerprint density at radius 3 is 2.24 bits per heavy atom. The summed E-state index contributed by atoms with van der Waals surface area (Å²) in [5.41, 5.74) is 3.06. The van der Waals surface area contributed by atoms with Crippen molar-refractivity contribution in [2.24, 2.45) is 0 Å². The van der Waals surface area contributed by atoms with E-state index in [1.54, 1.807) is 28.1 Å². The number of carbonyl (C=O) groups excluding carboxylic acids is 2. The Balaban J connectivity index is 1.17. The van der Waals surface area contributed by atoms with Crippen LogP contribution in [0.15, 0.2) is 79.0 Å². The lowest BCUT2D eigenvalue weighted by atomic mass is 10.1. The van der Waals surface area contributed by atoms with E-state index in [1.165, 1.54) is 0 Å². The summed E-state index contributed by atoms with van der Waals surface area (Å²) < 4.78 is 5.80. The number of aromatic nitrogens is 2. The van der Waals surface area contributed by atoms with Crippen LogP contribution in [0.25, 0.3) is 10.9 Å². The van der Waals surface area contributed by atoms with Crippen molar-refractivity contribution in [2.75, 3.05) is 26.2 Å². The van der Waals surface area contributed by atoms with E-state index in [-0.39, 0.29) is 11.8 Å². The summed E-state index contributed by atoms with van der Waals surface area (Å²) in [4.78, 5) is 29.5. The van der Waals surface area contributed by atoms with E-state index in [0.29, 0.717) is 43.9 Å². The van der Waals surface area contributed by atoms with Crippen molar-refractivity contribution in [1.82, 2.24) is 20.0 Å². The zero-order chi connectivity index (χ0) is 22.6. The molecule has 1 aromatic heterocycles. The van der Waals surface area contributed by atoms with Gasteiger partial charge in [0.25, 0.3) is 11.8 Å². The molecule has 0 aliphatic carbocycles. The smallest absolute Gasteiger partial charge is 0.256 e. The minimum absolute atomic E-state index is 0.0348. The number of para-hydroxylation sites is 1. The average molecular weight is 441 g/mol. The number of piperazine rings is 1. The molecule has 5 rings (SSSR count). The highest BCUT2D eigenvalue weighted by Crippen LogP contribution is 2.20. The zero-order valence-corrected chi connectivity index (χ0v) is 18.1. The largest absolute Gasteiger partial charge is 0.489 e. The predicted molar refractivity (Wildman–Crippen MR) is 125 cm³/mol. The monoisotopic (exact) mass is 440 g/mol. The summed E-state index contributed by atoms with van der Waals surface area (Å²) in [5.74, 6) is 0.642. The Kier molecular flexibility index (Phi) is 5.76. The number of H-pyrrole nitrogens is 1. The Hall–Kier alpha value is -4.13. The first kappa shape index (κ1) is 20.8. The second-order valence-corrected chi connectivity index (χ2v) is 8.02. The van der Waals surface area contributed by atoms with Gasteiger partial charge in [0.1, 0.15) is 12.4 Å². The molecule has 4 aromatic rings. The van der Waals surface area contributed by atoms with Gasteiger partial charge in [-0.25, -0.2) is 0 Å². The number of aromatic amines is 1. The molecule has 3 aromatic carbocycles. The van der Waals surface area contributed by atoms with Crippen LogP contribution in [0.1, 0.15) is 26.3 Å². The summed E-state index contributed by atoms with van der Waals surface area (Å²) >= 11 is 0. The van der Waals surface area contributed by atoms with Gasteiger partial charge >= 0.3 is 0 Å². The Morgan fingerprint density at radius 2 is 1.52 bits per heavy atom. The molecular weight excluding hydrogens is 416 g/mol. The highest BCUT2D eigenvalue weighted by atomic mass is 16.5. The molecule has 1 aliphatic heterocycles. The van der Waals surface area contributed by atoms with Crippen LogP contribution in [0.5, 0.6) is 5.75 Å². The summed E-state index contributed by atoms with van der Waals surface area (Å²) in [7, 11) is 0. The minimum atomic E-state index is -0.0446. The van der Waals surface area contributed by atoms with E-state index < -0.39 is 0 Å². The number of hydrogen-bond acceptors (Lipinski definition) is 4. The molecule has 33 heavy (non-hydrogen) atoms. The van der Waals surface area contributed by atoms with Crippen molar-refractivity contribution in [1.29, 1.82) is 0 Å². The third-order valence-electron chi connectivity index (χ3n) is 5.91. The molecule has 0 unspecified atom stereocenters. The fraction of sp³-hybridized carbons (Fsp3) is 0.192. The lowest BCUT2D eigenvalue weighted by Gasteiger charge is -2.35. The number of carbonyl (C=O) groups is 2. The lowest BCUT2D eigenvalue weighted by Crippen LogP contribution is -2.50. The first-order valence-electron chi connectivity index (χ1n) is 11.0. The normalized spacial score (nSPS) is 13.8. The van der Waals surface area contributed by atoms with Crippen molar-refractivity contribution in [3.63, 3.8) is 0 Å². The second kappa shape index (κ2) is 9.16. The topological polar surface area (TPSA) is 78.5 Å². The van der Waals surface area contributed by atoms with Gasteiger partial charge in [-0.15, -0.1) is 0 Å². The summed E-state index contributed by atoms with van der Waals surface area (Å²) in [6, 6.07) is 22.8. The van der Waals surface area contributed by atoms with Gasteiger partial charge in [-0.05, 0) is 35.9 Å². The average Bonchev–Trinajstić information content (AvgIpc) is 3.37. The molecule has 7 heteroatoms. The first-order valence-corrected chi connectivity index (χ1v) is 11.0. The van der Waals surface area contributed by atoms with E-state index in [0.717, 1.165) is 22.2 Å². The van der Waals surface area contributed by atoms with Gasteiger partial charge in [0.15, 0.2) is 0 Å². The molecule has 1 aliphatic rings. The number of nitrogens with one attached hydrogen (secondary N) is 1. The molecule has 0 atom stereocenters. The van der Waals surface area contributed by atoms with Crippen LogP contribution in [-0.4, -0.2) is 58.0 Å². The fourth-order valence-electron chi connectivity index (χ4n) is 4.05. The molecule has 0 bridgehead atoms. The molecule has 7 nitrogen and oxygen atoms in total. The van der Waals surface area contributed by atoms with Gasteiger partial charge in [-0.2, -0.15) is 5.10 Å². The number of benzene rings is 3. The standard InChI is InChI=1S/C26H24N4O3/c31-25(20-9-11-22(12-10-20)33-18-19-5-2-1-3-6-19)29-13-15-30(16-14-29)26(32)23-8-4-7-21-17-27-28-24(21)23/h1-12,17H,13-16,18H2,(H,27,28). The fourth-order valence-corrected chi connectivity index (χ4v) is 4.05. The van der Waals surface area contributed by atoms with Crippen LogP contribution < -0.4 is 4.74 Å². The summed E-state index contributed by atoms with van der Waals surface area (Å²) in [6.07, 6.45) is 1.71. The molecule has 166 valence electrons. The van der Waals surface area contributed by atoms with Crippen LogP contribution in [0, 0.1) is 0 Å². The number of rotatable bonds is 5. The van der Waals surface area contributed by atoms with Gasteiger partial charge in [0, 0.05) is 37.1 Å². The number of ether oxygens (including phenoxy) is 1. The maximum Gasteiger partial charge on any atom is 0.256 e. The molecule has 0 spiro atoms. The van der Waals surface area contributed by atoms with Crippen molar-refractivity contribution in [3.05, 3.63) is 95.7 Å². The number of fused-ring (bicyclic) bond motifs is 1. The second-order valence-electron chi connectivity index (χ2n) is 8.02. The third-order valence-corrected chi connectivity index (χ3v) is 5.91. The highest BCUT2D eigenvalue weighted by molar-refractivity contribution is 6.05. The molecule has 0 saturated carbocycles. The van der Waals surface area contributed by atoms with E-state index in [1.807, 2.05) is 60.7 Å². The van der Waals surface area contributed by atoms with Crippen molar-refractivity contribution < 1.29 is 14.3 Å². The Bertz CT molecular complexity index is 1260. The van der Waals surface area contributed by atoms with Crippen LogP contribution in [0.4, 0.5) is 0 Å². The van der Waals surface area contributed by atoms with Crippen LogP contribution in [0.2, 0.25) is 0 Å². The molecule has 1 fully saturated rings. The van der Waals surface area contributed by atoms with Crippen LogP contribution in [-0.2, 0) is 6.61 Å². The Morgan fingerprint density at radius 1 is 0.818 bits per heavy atom. The summed E-state index contributed by atoms with van der Waals surface area (Å²) in [5, 5.41) is 7.85. The zero-order valence-electron chi connectivity index (χ0n) is 18.1. The maximum atomic E-state index is 13.0. The lowest BCUT2D eigenvalue weighted by molar-refractivity contribution is 0.0536. The van der Waals surface area contributed by atoms with Crippen molar-refractivity contribution >= 4 is 22.7 Å². The third kappa shape index (κ3) is 4.43. The summed E-state index contributed by atoms with van der Waals surface area (Å²) in [6.45, 7) is 2.46. The SMILES string of the molecule is O=C(c1ccc(OCc2ccccc2)cc1)N1CCN(C(=O)c2cccc3cn[nH]c23)CC1. The highest BCUT2D eigenvalue weighted by Gasteiger charge is 2.26. The molecule has 2 heterocycles. The van der Waals surface area contributed by atoms with Crippen LogP contribution in [0.3, 0.4) is 0 Å². The number of amides is 2. The van der Waals surface area contributed by atoms with Gasteiger partial charge in [-0.1, -0.05) is 42.5 Å². The number of hydrogen-bond donors (Lipinski definition) is 1. The van der Waals surface area contributed by atoms with Gasteiger partial charge in [0.05, 0.1) is 17.3 Å². The van der Waals surface area contributed by atoms with E-state index in [9.17, 15) is 9.59 Å². The molecule has 2 amide bonds. The van der Waals surface area contributed by atoms with E-state index >= 15 is 0 Å². The number of nitrogens with zero attached hydrogens (tertiary/aromatic N) is 3. The quantitative estimate of drug-likeness (QED) is 0.513. The van der Waals surface area contributed by atoms with Crippen LogP contribution >= 0.6 is 0 Å². The molecular formula is C26H24N4O3. The molecule has 1 saturated heterocycles.